The molecule has 1 atom stereocenters. The van der Waals surface area contributed by atoms with Gasteiger partial charge in [-0.3, -0.25) is 4.98 Å². The topological polar surface area (TPSA) is 41.1 Å². The van der Waals surface area contributed by atoms with Crippen LogP contribution in [0.5, 0.6) is 0 Å². The molecule has 23 heavy (non-hydrogen) atoms. The monoisotopic (exact) mass is 318 g/mol. The number of rotatable bonds is 4. The lowest BCUT2D eigenvalue weighted by molar-refractivity contribution is 0.508. The zero-order valence-electron chi connectivity index (χ0n) is 13.3. The van der Waals surface area contributed by atoms with Gasteiger partial charge in [0.25, 0.3) is 0 Å². The Bertz CT molecular complexity index is 705. The lowest BCUT2D eigenvalue weighted by Gasteiger charge is -2.19. The van der Waals surface area contributed by atoms with Crippen LogP contribution in [0, 0.1) is 31.4 Å². The van der Waals surface area contributed by atoms with E-state index < -0.39 is 11.6 Å². The number of benzene rings is 1. The van der Waals surface area contributed by atoms with Crippen molar-refractivity contribution in [1.82, 2.24) is 9.97 Å². The first-order valence-electron chi connectivity index (χ1n) is 7.77. The molecule has 1 saturated heterocycles. The van der Waals surface area contributed by atoms with E-state index in [1.54, 1.807) is 12.3 Å². The molecule has 0 saturated carbocycles. The van der Waals surface area contributed by atoms with Crippen LogP contribution in [-0.2, 0) is 0 Å². The molecule has 3 rings (SSSR count). The van der Waals surface area contributed by atoms with Crippen LogP contribution in [0.2, 0.25) is 0 Å². The molecule has 0 bridgehead atoms. The Balaban J connectivity index is 1.59. The van der Waals surface area contributed by atoms with Crippen LogP contribution in [-0.4, -0.2) is 29.6 Å². The average molecular weight is 318 g/mol. The number of nitrogens with one attached hydrogen (secondary N) is 1. The molecule has 122 valence electrons. The Morgan fingerprint density at radius 1 is 1.26 bits per heavy atom. The normalized spacial score (nSPS) is 17.6. The molecule has 4 nitrogen and oxygen atoms in total. The zero-order chi connectivity index (χ0) is 16.4. The number of hydrogen-bond acceptors (Lipinski definition) is 4. The summed E-state index contributed by atoms with van der Waals surface area (Å²) in [5, 5.41) is 3.35. The molecule has 1 aliphatic heterocycles. The van der Waals surface area contributed by atoms with Gasteiger partial charge < -0.3 is 10.2 Å². The standard InChI is InChI=1S/C17H20F2N4/c1-11-8-20-12(2)17(22-11)21-9-13-5-6-23(10-13)14-3-4-15(18)16(19)7-14/h3-4,7-8,13H,5-6,9-10H2,1-2H3,(H,21,22). The van der Waals surface area contributed by atoms with Gasteiger partial charge >= 0.3 is 0 Å². The fourth-order valence-corrected chi connectivity index (χ4v) is 2.86. The maximum Gasteiger partial charge on any atom is 0.160 e. The van der Waals surface area contributed by atoms with E-state index in [-0.39, 0.29) is 0 Å². The summed E-state index contributed by atoms with van der Waals surface area (Å²) < 4.78 is 26.4. The fourth-order valence-electron chi connectivity index (χ4n) is 2.86. The maximum absolute atomic E-state index is 13.4. The van der Waals surface area contributed by atoms with Gasteiger partial charge in [-0.2, -0.15) is 0 Å². The van der Waals surface area contributed by atoms with E-state index in [1.807, 2.05) is 13.8 Å². The second kappa shape index (κ2) is 6.48. The Morgan fingerprint density at radius 2 is 2.09 bits per heavy atom. The van der Waals surface area contributed by atoms with Crippen LogP contribution < -0.4 is 10.2 Å². The van der Waals surface area contributed by atoms with Crippen LogP contribution in [0.25, 0.3) is 0 Å². The quantitative estimate of drug-likeness (QED) is 0.939. The van der Waals surface area contributed by atoms with Crippen LogP contribution >= 0.6 is 0 Å². The van der Waals surface area contributed by atoms with Crippen LogP contribution in [0.15, 0.2) is 24.4 Å². The van der Waals surface area contributed by atoms with Crippen molar-refractivity contribution in [3.8, 4) is 0 Å². The molecule has 0 spiro atoms. The van der Waals surface area contributed by atoms with Crippen LogP contribution in [0.1, 0.15) is 17.8 Å². The zero-order valence-corrected chi connectivity index (χ0v) is 13.3. The minimum Gasteiger partial charge on any atom is -0.371 e. The second-order valence-electron chi connectivity index (χ2n) is 6.03. The molecule has 2 heterocycles. The lowest BCUT2D eigenvalue weighted by Crippen LogP contribution is -2.23. The summed E-state index contributed by atoms with van der Waals surface area (Å²) in [6, 6.07) is 4.08. The smallest absolute Gasteiger partial charge is 0.160 e. The van der Waals surface area contributed by atoms with Gasteiger partial charge in [0.05, 0.1) is 11.4 Å². The minimum atomic E-state index is -0.806. The molecule has 1 unspecified atom stereocenters. The highest BCUT2D eigenvalue weighted by Crippen LogP contribution is 2.25. The summed E-state index contributed by atoms with van der Waals surface area (Å²) in [6.45, 7) is 6.29. The van der Waals surface area contributed by atoms with E-state index in [9.17, 15) is 8.78 Å². The molecular formula is C17H20F2N4. The summed E-state index contributed by atoms with van der Waals surface area (Å²) in [4.78, 5) is 10.8. The third-order valence-corrected chi connectivity index (χ3v) is 4.19. The molecule has 2 aromatic rings. The Labute approximate surface area is 134 Å². The summed E-state index contributed by atoms with van der Waals surface area (Å²) in [7, 11) is 0. The Morgan fingerprint density at radius 3 is 2.87 bits per heavy atom. The molecular weight excluding hydrogens is 298 g/mol. The predicted octanol–water partition coefficient (Wildman–Crippen LogP) is 3.31. The summed E-state index contributed by atoms with van der Waals surface area (Å²) in [5.41, 5.74) is 2.50. The van der Waals surface area contributed by atoms with E-state index in [2.05, 4.69) is 20.2 Å². The molecule has 0 amide bonds. The number of hydrogen-bond donors (Lipinski definition) is 1. The number of halogens is 2. The van der Waals surface area contributed by atoms with Crippen molar-refractivity contribution in [2.75, 3.05) is 29.9 Å². The first kappa shape index (κ1) is 15.6. The first-order valence-corrected chi connectivity index (χ1v) is 7.77. The average Bonchev–Trinajstić information content (AvgIpc) is 3.00. The molecule has 1 aliphatic rings. The van der Waals surface area contributed by atoms with Crippen LogP contribution in [0.4, 0.5) is 20.3 Å². The van der Waals surface area contributed by atoms with Crippen molar-refractivity contribution in [1.29, 1.82) is 0 Å². The maximum atomic E-state index is 13.4. The Hall–Kier alpha value is -2.24. The van der Waals surface area contributed by atoms with Crippen molar-refractivity contribution in [3.05, 3.63) is 47.4 Å². The third-order valence-electron chi connectivity index (χ3n) is 4.19. The van der Waals surface area contributed by atoms with E-state index in [1.165, 1.54) is 12.1 Å². The molecule has 0 aliphatic carbocycles. The van der Waals surface area contributed by atoms with Gasteiger partial charge in [0, 0.05) is 37.6 Å². The number of nitrogens with zero attached hydrogens (tertiary/aromatic N) is 3. The van der Waals surface area contributed by atoms with E-state index in [4.69, 9.17) is 0 Å². The second-order valence-corrected chi connectivity index (χ2v) is 6.03. The molecule has 1 aromatic heterocycles. The molecule has 1 N–H and O–H groups in total. The van der Waals surface area contributed by atoms with E-state index >= 15 is 0 Å². The highest BCUT2D eigenvalue weighted by Gasteiger charge is 2.23. The largest absolute Gasteiger partial charge is 0.371 e. The molecule has 6 heteroatoms. The molecule has 1 fully saturated rings. The number of aromatic nitrogens is 2. The summed E-state index contributed by atoms with van der Waals surface area (Å²) >= 11 is 0. The predicted molar refractivity (Wildman–Crippen MR) is 86.7 cm³/mol. The van der Waals surface area contributed by atoms with E-state index in [0.717, 1.165) is 48.9 Å². The minimum absolute atomic E-state index is 0.435. The van der Waals surface area contributed by atoms with Crippen molar-refractivity contribution in [2.45, 2.75) is 20.3 Å². The van der Waals surface area contributed by atoms with Gasteiger partial charge in [-0.05, 0) is 38.3 Å². The number of anilines is 2. The summed E-state index contributed by atoms with van der Waals surface area (Å²) in [6.07, 6.45) is 2.76. The van der Waals surface area contributed by atoms with Crippen molar-refractivity contribution in [2.24, 2.45) is 5.92 Å². The third kappa shape index (κ3) is 3.57. The van der Waals surface area contributed by atoms with Gasteiger partial charge in [0.2, 0.25) is 0 Å². The van der Waals surface area contributed by atoms with Gasteiger partial charge in [-0.1, -0.05) is 0 Å². The van der Waals surface area contributed by atoms with Gasteiger partial charge in [0.1, 0.15) is 5.82 Å². The summed E-state index contributed by atoms with van der Waals surface area (Å²) in [5.74, 6) is -0.351. The first-order chi connectivity index (χ1) is 11.0. The van der Waals surface area contributed by atoms with Gasteiger partial charge in [-0.25, -0.2) is 13.8 Å². The van der Waals surface area contributed by atoms with Crippen molar-refractivity contribution < 1.29 is 8.78 Å². The van der Waals surface area contributed by atoms with Gasteiger partial charge in [0.15, 0.2) is 11.6 Å². The van der Waals surface area contributed by atoms with Crippen molar-refractivity contribution >= 4 is 11.5 Å². The molecule has 0 radical (unpaired) electrons. The van der Waals surface area contributed by atoms with Crippen LogP contribution in [0.3, 0.4) is 0 Å². The SMILES string of the molecule is Cc1cnc(C)c(NCC2CCN(c3ccc(F)c(F)c3)C2)n1. The fraction of sp³-hybridized carbons (Fsp3) is 0.412. The highest BCUT2D eigenvalue weighted by atomic mass is 19.2. The van der Waals surface area contributed by atoms with Crippen molar-refractivity contribution in [3.63, 3.8) is 0 Å². The molecule has 1 aromatic carbocycles. The van der Waals surface area contributed by atoms with Gasteiger partial charge in [-0.15, -0.1) is 0 Å². The lowest BCUT2D eigenvalue weighted by atomic mass is 10.1. The Kier molecular flexibility index (Phi) is 4.41. The highest BCUT2D eigenvalue weighted by molar-refractivity contribution is 5.48. The number of aryl methyl sites for hydroxylation is 2. The van der Waals surface area contributed by atoms with E-state index in [0.29, 0.717) is 5.92 Å².